The van der Waals surface area contributed by atoms with E-state index in [1.165, 1.54) is 63.3 Å². The van der Waals surface area contributed by atoms with Crippen LogP contribution in [0.4, 0.5) is 0 Å². The Morgan fingerprint density at radius 3 is 1.71 bits per heavy atom. The molecule has 0 saturated heterocycles. The first-order chi connectivity index (χ1) is 11.4. The molecule has 0 aromatic carbocycles. The molecule has 0 heterocycles. The fourth-order valence-corrected chi connectivity index (χ4v) is 23.6. The molecule has 0 fully saturated rings. The molecule has 0 aromatic heterocycles. The average Bonchev–Trinajstić information content (AvgIpc) is 2.99. The fraction of sp³-hybridized carbons (Fsp3) is 0.762. The van der Waals surface area contributed by atoms with Crippen LogP contribution >= 0.6 is 0 Å². The Balaban J connectivity index is 3.18. The van der Waals surface area contributed by atoms with Crippen LogP contribution in [0.25, 0.3) is 0 Å². The maximum absolute atomic E-state index is 12.1. The van der Waals surface area contributed by atoms with E-state index in [9.17, 15) is 4.79 Å². The summed E-state index contributed by atoms with van der Waals surface area (Å²) < 4.78 is 6.07. The summed E-state index contributed by atoms with van der Waals surface area (Å²) in [7, 11) is -1.41. The molecule has 1 nitrogen and oxygen atoms in total. The number of unbranched alkanes of at least 4 members (excludes halogenated alkanes) is 3. The van der Waals surface area contributed by atoms with E-state index >= 15 is 0 Å². The van der Waals surface area contributed by atoms with E-state index in [2.05, 4.69) is 52.6 Å². The topological polar surface area (TPSA) is 17.1 Å². The molecule has 1 atom stereocenters. The third-order valence-corrected chi connectivity index (χ3v) is 24.0. The molecule has 0 spiro atoms. The summed E-state index contributed by atoms with van der Waals surface area (Å²) in [6.07, 6.45) is 14.1. The average molecular weight is 455 g/mol. The van der Waals surface area contributed by atoms with Crippen molar-refractivity contribution in [3.05, 3.63) is 20.9 Å². The van der Waals surface area contributed by atoms with Crippen LogP contribution < -0.4 is 0 Å². The van der Waals surface area contributed by atoms with Crippen molar-refractivity contribution in [2.45, 2.75) is 92.2 Å². The van der Waals surface area contributed by atoms with Gasteiger partial charge in [-0.15, -0.1) is 0 Å². The molecular weight excluding hydrogens is 415 g/mol. The zero-order valence-electron chi connectivity index (χ0n) is 17.1. The molecule has 1 aliphatic carbocycles. The van der Waals surface area contributed by atoms with Gasteiger partial charge in [0, 0.05) is 0 Å². The van der Waals surface area contributed by atoms with Crippen molar-refractivity contribution in [1.29, 1.82) is 0 Å². The van der Waals surface area contributed by atoms with Crippen molar-refractivity contribution in [2.24, 2.45) is 5.92 Å². The summed E-state index contributed by atoms with van der Waals surface area (Å²) in [5.41, 5.74) is 0. The molecule has 24 heavy (non-hydrogen) atoms. The Bertz CT molecular complexity index is 437. The molecule has 0 saturated carbocycles. The van der Waals surface area contributed by atoms with Crippen LogP contribution in [-0.2, 0) is 4.79 Å². The van der Waals surface area contributed by atoms with Gasteiger partial charge in [-0.1, -0.05) is 0 Å². The summed E-state index contributed by atoms with van der Waals surface area (Å²) in [4.78, 5) is 12.1. The second-order valence-electron chi connectivity index (χ2n) is 8.70. The van der Waals surface area contributed by atoms with Gasteiger partial charge in [0.15, 0.2) is 0 Å². The van der Waals surface area contributed by atoms with Gasteiger partial charge >= 0.3 is 157 Å². The number of carbonyl (C=O) groups excluding carboxylic acids is 1. The number of hydrogen-bond donors (Lipinski definition) is 0. The van der Waals surface area contributed by atoms with Crippen LogP contribution in [0.15, 0.2) is 20.9 Å². The molecule has 0 radical (unpaired) electrons. The summed E-state index contributed by atoms with van der Waals surface area (Å²) in [5.74, 6) is 0.165. The Kier molecular flexibility index (Phi) is 9.57. The Labute approximate surface area is 156 Å². The summed E-state index contributed by atoms with van der Waals surface area (Å²) >= 11 is -2.44. The van der Waals surface area contributed by atoms with Gasteiger partial charge in [0.1, 0.15) is 0 Å². The monoisotopic (exact) mass is 456 g/mol. The minimum atomic E-state index is -2.44. The van der Waals surface area contributed by atoms with Crippen molar-refractivity contribution in [3.63, 3.8) is 0 Å². The van der Waals surface area contributed by atoms with E-state index in [0.29, 0.717) is 0 Å². The molecule has 3 heteroatoms. The Morgan fingerprint density at radius 2 is 1.38 bits per heavy atom. The van der Waals surface area contributed by atoms with Crippen LogP contribution in [-0.4, -0.2) is 32.7 Å². The van der Waals surface area contributed by atoms with E-state index < -0.39 is 26.5 Å². The third kappa shape index (κ3) is 5.59. The SMILES string of the molecule is CCC[CH2][Sn]([CH2]CCC)([CH2]CCC)[C]1=CC=C([Si](C)(C)C)C1C=O. The minimum absolute atomic E-state index is 0.165. The molecule has 0 bridgehead atoms. The number of rotatable bonds is 12. The van der Waals surface area contributed by atoms with Gasteiger partial charge in [-0.05, 0) is 0 Å². The van der Waals surface area contributed by atoms with Crippen molar-refractivity contribution in [1.82, 2.24) is 0 Å². The molecule has 0 N–H and O–H groups in total. The zero-order valence-corrected chi connectivity index (χ0v) is 20.9. The van der Waals surface area contributed by atoms with Gasteiger partial charge in [0.25, 0.3) is 0 Å². The normalized spacial score (nSPS) is 18.5. The Morgan fingerprint density at radius 1 is 0.917 bits per heavy atom. The second kappa shape index (κ2) is 10.3. The van der Waals surface area contributed by atoms with Gasteiger partial charge in [-0.3, -0.25) is 0 Å². The first kappa shape index (κ1) is 22.2. The zero-order chi connectivity index (χ0) is 18.2. The number of carbonyl (C=O) groups is 1. The van der Waals surface area contributed by atoms with Crippen LogP contribution in [0.2, 0.25) is 33.0 Å². The number of aldehydes is 1. The first-order valence-corrected chi connectivity index (χ1v) is 21.2. The number of allylic oxidation sites excluding steroid dienone is 4. The third-order valence-electron chi connectivity index (χ3n) is 5.75. The van der Waals surface area contributed by atoms with Crippen molar-refractivity contribution in [2.75, 3.05) is 0 Å². The van der Waals surface area contributed by atoms with Crippen LogP contribution in [0.1, 0.15) is 59.3 Å². The standard InChI is InChI=1S/C9H13OSi.3C4H9.Sn/c1-11(2,3)9-6-4-5-8(9)7-10;3*1-3-4-2;/h4,6-8H,1-3H3;3*1,3-4H2,2H3;. The van der Waals surface area contributed by atoms with Crippen LogP contribution in [0, 0.1) is 5.92 Å². The van der Waals surface area contributed by atoms with Gasteiger partial charge in [0.2, 0.25) is 0 Å². The second-order valence-corrected chi connectivity index (χ2v) is 27.0. The molecule has 0 aromatic rings. The molecule has 1 aliphatic rings. The fourth-order valence-electron chi connectivity index (χ4n) is 4.28. The molecular formula is C21H40OSiSn. The summed E-state index contributed by atoms with van der Waals surface area (Å²) in [6, 6.07) is 0. The maximum atomic E-state index is 12.1. The van der Waals surface area contributed by atoms with E-state index in [0.717, 1.165) is 0 Å². The molecule has 138 valence electrons. The quantitative estimate of drug-likeness (QED) is 0.230. The van der Waals surface area contributed by atoms with E-state index in [1.54, 1.807) is 3.59 Å². The molecule has 1 rings (SSSR count). The Hall–Kier alpha value is 0.166. The molecule has 0 amide bonds. The van der Waals surface area contributed by atoms with Gasteiger partial charge in [-0.25, -0.2) is 0 Å². The van der Waals surface area contributed by atoms with Gasteiger partial charge in [-0.2, -0.15) is 0 Å². The van der Waals surface area contributed by atoms with Crippen molar-refractivity contribution >= 4 is 32.7 Å². The van der Waals surface area contributed by atoms with Gasteiger partial charge < -0.3 is 0 Å². The van der Waals surface area contributed by atoms with E-state index in [-0.39, 0.29) is 5.92 Å². The molecule has 1 unspecified atom stereocenters. The van der Waals surface area contributed by atoms with Crippen LogP contribution in [0.5, 0.6) is 0 Å². The molecule has 0 aliphatic heterocycles. The van der Waals surface area contributed by atoms with E-state index in [1.807, 2.05) is 0 Å². The van der Waals surface area contributed by atoms with Crippen LogP contribution in [0.3, 0.4) is 0 Å². The predicted octanol–water partition coefficient (Wildman–Crippen LogP) is 6.93. The number of hydrogen-bond acceptors (Lipinski definition) is 1. The van der Waals surface area contributed by atoms with Crippen molar-refractivity contribution in [3.8, 4) is 0 Å². The summed E-state index contributed by atoms with van der Waals surface area (Å²) in [5, 5.41) is 1.50. The van der Waals surface area contributed by atoms with Gasteiger partial charge in [0.05, 0.1) is 0 Å². The van der Waals surface area contributed by atoms with Crippen molar-refractivity contribution < 1.29 is 4.79 Å². The summed E-state index contributed by atoms with van der Waals surface area (Å²) in [6.45, 7) is 14.2. The predicted molar refractivity (Wildman–Crippen MR) is 114 cm³/mol. The van der Waals surface area contributed by atoms with E-state index in [4.69, 9.17) is 0 Å². The first-order valence-electron chi connectivity index (χ1n) is 10.2.